The van der Waals surface area contributed by atoms with Gasteiger partial charge in [0, 0.05) is 24.0 Å². The lowest BCUT2D eigenvalue weighted by Gasteiger charge is -2.14. The highest BCUT2D eigenvalue weighted by atomic mass is 32.1. The maximum absolute atomic E-state index is 4.57. The highest BCUT2D eigenvalue weighted by Gasteiger charge is 2.01. The van der Waals surface area contributed by atoms with E-state index in [9.17, 15) is 0 Å². The number of hydrogen-bond donors (Lipinski definition) is 2. The van der Waals surface area contributed by atoms with Crippen molar-refractivity contribution in [3.8, 4) is 0 Å². The van der Waals surface area contributed by atoms with Crippen LogP contribution >= 0.6 is 11.3 Å². The number of unbranched alkanes of at least 4 members (excludes halogenated alkanes) is 1. The van der Waals surface area contributed by atoms with E-state index in [2.05, 4.69) is 53.9 Å². The summed E-state index contributed by atoms with van der Waals surface area (Å²) in [6.45, 7) is 8.30. The van der Waals surface area contributed by atoms with Gasteiger partial charge in [-0.05, 0) is 38.1 Å². The summed E-state index contributed by atoms with van der Waals surface area (Å²) < 4.78 is 0. The molecule has 3 nitrogen and oxygen atoms in total. The molecule has 102 valence electrons. The molecule has 0 aliphatic rings. The van der Waals surface area contributed by atoms with Gasteiger partial charge in [-0.1, -0.05) is 19.4 Å². The molecule has 2 N–H and O–H groups in total. The average Bonchev–Trinajstić information content (AvgIpc) is 2.81. The molecule has 0 bridgehead atoms. The van der Waals surface area contributed by atoms with Crippen molar-refractivity contribution in [1.29, 1.82) is 0 Å². The highest BCUT2D eigenvalue weighted by Crippen LogP contribution is 2.07. The minimum atomic E-state index is 0.416. The molecule has 0 aromatic carbocycles. The van der Waals surface area contributed by atoms with Gasteiger partial charge in [0.15, 0.2) is 5.96 Å². The minimum Gasteiger partial charge on any atom is -0.356 e. The molecular formula is C14H25N3S. The van der Waals surface area contributed by atoms with Crippen LogP contribution in [0, 0.1) is 0 Å². The monoisotopic (exact) mass is 267 g/mol. The largest absolute Gasteiger partial charge is 0.356 e. The van der Waals surface area contributed by atoms with E-state index in [4.69, 9.17) is 0 Å². The van der Waals surface area contributed by atoms with Crippen molar-refractivity contribution in [3.05, 3.63) is 22.4 Å². The molecule has 0 amide bonds. The zero-order valence-electron chi connectivity index (χ0n) is 11.7. The summed E-state index contributed by atoms with van der Waals surface area (Å²) in [6, 6.07) is 4.69. The van der Waals surface area contributed by atoms with E-state index in [0.717, 1.165) is 31.9 Å². The second kappa shape index (κ2) is 8.97. The molecule has 0 unspecified atom stereocenters. The minimum absolute atomic E-state index is 0.416. The summed E-state index contributed by atoms with van der Waals surface area (Å²) in [6.07, 6.45) is 3.40. The molecule has 0 aliphatic carbocycles. The van der Waals surface area contributed by atoms with Crippen LogP contribution in [0.2, 0.25) is 0 Å². The SMILES string of the molecule is CCCCN=C(NCCc1cccs1)NC(C)C. The predicted molar refractivity (Wildman–Crippen MR) is 81.5 cm³/mol. The summed E-state index contributed by atoms with van der Waals surface area (Å²) in [5.74, 6) is 0.940. The molecule has 0 saturated carbocycles. The fraction of sp³-hybridized carbons (Fsp3) is 0.643. The van der Waals surface area contributed by atoms with Crippen molar-refractivity contribution in [1.82, 2.24) is 10.6 Å². The standard InChI is InChI=1S/C14H25N3S/c1-4-5-9-15-14(17-12(2)3)16-10-8-13-7-6-11-18-13/h6-7,11-12H,4-5,8-10H2,1-3H3,(H2,15,16,17). The molecule has 1 rings (SSSR count). The van der Waals surface area contributed by atoms with Gasteiger partial charge >= 0.3 is 0 Å². The number of rotatable bonds is 7. The number of nitrogens with one attached hydrogen (secondary N) is 2. The van der Waals surface area contributed by atoms with E-state index in [1.54, 1.807) is 0 Å². The molecule has 0 spiro atoms. The lowest BCUT2D eigenvalue weighted by molar-refractivity contribution is 0.689. The Hall–Kier alpha value is -1.03. The van der Waals surface area contributed by atoms with E-state index < -0.39 is 0 Å². The van der Waals surface area contributed by atoms with Gasteiger partial charge in [0.05, 0.1) is 0 Å². The molecule has 1 aromatic heterocycles. The predicted octanol–water partition coefficient (Wildman–Crippen LogP) is 3.03. The van der Waals surface area contributed by atoms with Gasteiger partial charge in [-0.2, -0.15) is 0 Å². The van der Waals surface area contributed by atoms with Crippen molar-refractivity contribution < 1.29 is 0 Å². The number of hydrogen-bond acceptors (Lipinski definition) is 2. The Morgan fingerprint density at radius 3 is 2.89 bits per heavy atom. The first-order chi connectivity index (χ1) is 8.72. The topological polar surface area (TPSA) is 36.4 Å². The molecule has 0 fully saturated rings. The third-order valence-electron chi connectivity index (χ3n) is 2.45. The van der Waals surface area contributed by atoms with Gasteiger partial charge in [0.25, 0.3) is 0 Å². The van der Waals surface area contributed by atoms with E-state index in [1.807, 2.05) is 11.3 Å². The first-order valence-electron chi connectivity index (χ1n) is 6.79. The van der Waals surface area contributed by atoms with Crippen LogP contribution in [0.4, 0.5) is 0 Å². The molecule has 4 heteroatoms. The molecule has 1 aromatic rings. The molecular weight excluding hydrogens is 242 g/mol. The number of thiophene rings is 1. The Morgan fingerprint density at radius 2 is 2.28 bits per heavy atom. The Morgan fingerprint density at radius 1 is 1.44 bits per heavy atom. The van der Waals surface area contributed by atoms with Crippen LogP contribution in [0.3, 0.4) is 0 Å². The molecule has 0 aliphatic heterocycles. The molecule has 0 saturated heterocycles. The first-order valence-corrected chi connectivity index (χ1v) is 7.67. The summed E-state index contributed by atoms with van der Waals surface area (Å²) in [4.78, 5) is 5.99. The summed E-state index contributed by atoms with van der Waals surface area (Å²) >= 11 is 1.81. The quantitative estimate of drug-likeness (QED) is 0.452. The smallest absolute Gasteiger partial charge is 0.191 e. The Balaban J connectivity index is 2.33. The van der Waals surface area contributed by atoms with Gasteiger partial charge in [-0.25, -0.2) is 0 Å². The lowest BCUT2D eigenvalue weighted by atomic mass is 10.3. The Kier molecular flexibility index (Phi) is 7.49. The maximum Gasteiger partial charge on any atom is 0.191 e. The van der Waals surface area contributed by atoms with Crippen LogP contribution in [0.25, 0.3) is 0 Å². The highest BCUT2D eigenvalue weighted by molar-refractivity contribution is 7.09. The van der Waals surface area contributed by atoms with E-state index >= 15 is 0 Å². The zero-order valence-corrected chi connectivity index (χ0v) is 12.5. The fourth-order valence-corrected chi connectivity index (χ4v) is 2.24. The summed E-state index contributed by atoms with van der Waals surface area (Å²) in [7, 11) is 0. The molecule has 18 heavy (non-hydrogen) atoms. The van der Waals surface area contributed by atoms with Gasteiger partial charge in [-0.3, -0.25) is 4.99 Å². The van der Waals surface area contributed by atoms with Crippen molar-refractivity contribution in [2.24, 2.45) is 4.99 Å². The van der Waals surface area contributed by atoms with Crippen LogP contribution in [0.15, 0.2) is 22.5 Å². The normalized spacial score (nSPS) is 11.9. The number of guanidine groups is 1. The first kappa shape index (κ1) is 15.0. The third-order valence-corrected chi connectivity index (χ3v) is 3.39. The molecule has 0 radical (unpaired) electrons. The van der Waals surface area contributed by atoms with Crippen LogP contribution in [-0.2, 0) is 6.42 Å². The van der Waals surface area contributed by atoms with Crippen LogP contribution in [0.1, 0.15) is 38.5 Å². The summed E-state index contributed by atoms with van der Waals surface area (Å²) in [5, 5.41) is 8.88. The number of aliphatic imine (C=N–C) groups is 1. The van der Waals surface area contributed by atoms with Crippen molar-refractivity contribution in [3.63, 3.8) is 0 Å². The second-order valence-corrected chi connectivity index (χ2v) is 5.67. The maximum atomic E-state index is 4.57. The third kappa shape index (κ3) is 6.64. The zero-order chi connectivity index (χ0) is 13.2. The van der Waals surface area contributed by atoms with Crippen molar-refractivity contribution in [2.45, 2.75) is 46.1 Å². The van der Waals surface area contributed by atoms with Gasteiger partial charge in [0.1, 0.15) is 0 Å². The second-order valence-electron chi connectivity index (χ2n) is 4.64. The Labute approximate surface area is 115 Å². The van der Waals surface area contributed by atoms with Gasteiger partial charge in [0.2, 0.25) is 0 Å². The fourth-order valence-electron chi connectivity index (χ4n) is 1.53. The number of nitrogens with zero attached hydrogens (tertiary/aromatic N) is 1. The van der Waals surface area contributed by atoms with Gasteiger partial charge in [-0.15, -0.1) is 11.3 Å². The van der Waals surface area contributed by atoms with Crippen LogP contribution in [0.5, 0.6) is 0 Å². The lowest BCUT2D eigenvalue weighted by Crippen LogP contribution is -2.42. The van der Waals surface area contributed by atoms with Crippen LogP contribution < -0.4 is 10.6 Å². The van der Waals surface area contributed by atoms with Crippen molar-refractivity contribution in [2.75, 3.05) is 13.1 Å². The van der Waals surface area contributed by atoms with Gasteiger partial charge < -0.3 is 10.6 Å². The van der Waals surface area contributed by atoms with Crippen LogP contribution in [-0.4, -0.2) is 25.1 Å². The summed E-state index contributed by atoms with van der Waals surface area (Å²) in [5.41, 5.74) is 0. The van der Waals surface area contributed by atoms with E-state index in [0.29, 0.717) is 6.04 Å². The van der Waals surface area contributed by atoms with Crippen molar-refractivity contribution >= 4 is 17.3 Å². The molecule has 0 atom stereocenters. The molecule has 1 heterocycles. The Bertz CT molecular complexity index is 331. The van der Waals surface area contributed by atoms with E-state index in [1.165, 1.54) is 11.3 Å². The van der Waals surface area contributed by atoms with E-state index in [-0.39, 0.29) is 0 Å². The average molecular weight is 267 g/mol.